The van der Waals surface area contributed by atoms with E-state index in [9.17, 15) is 4.79 Å². The molecule has 0 saturated heterocycles. The minimum atomic E-state index is 0.155. The molecule has 0 N–H and O–H groups in total. The van der Waals surface area contributed by atoms with Crippen LogP contribution in [-0.4, -0.2) is 24.3 Å². The first kappa shape index (κ1) is 16.2. The van der Waals surface area contributed by atoms with Crippen LogP contribution in [0.15, 0.2) is 53.0 Å². The van der Waals surface area contributed by atoms with Gasteiger partial charge in [0.2, 0.25) is 0 Å². The number of Topliss-reactive ketones (excluding diaryl/α,β-unsaturated/α-hetero) is 1. The number of hydrogen-bond acceptors (Lipinski definition) is 2. The molecule has 0 unspecified atom stereocenters. The van der Waals surface area contributed by atoms with E-state index in [1.807, 2.05) is 55.6 Å². The van der Waals surface area contributed by atoms with E-state index in [1.165, 1.54) is 0 Å². The van der Waals surface area contributed by atoms with Gasteiger partial charge in [-0.05, 0) is 30.8 Å². The molecule has 2 nitrogen and oxygen atoms in total. The summed E-state index contributed by atoms with van der Waals surface area (Å²) in [4.78, 5) is 14.3. The van der Waals surface area contributed by atoms with Gasteiger partial charge >= 0.3 is 0 Å². The Balaban J connectivity index is 1.88. The van der Waals surface area contributed by atoms with Gasteiger partial charge in [-0.3, -0.25) is 4.79 Å². The van der Waals surface area contributed by atoms with E-state index < -0.39 is 0 Å². The second-order valence-corrected chi connectivity index (χ2v) is 6.34. The number of nitrogens with zero attached hydrogens (tertiary/aromatic N) is 1. The Kier molecular flexibility index (Phi) is 5.97. The molecule has 0 bridgehead atoms. The Bertz CT molecular complexity index is 630. The predicted molar refractivity (Wildman–Crippen MR) is 90.9 cm³/mol. The lowest BCUT2D eigenvalue weighted by molar-refractivity contribution is 0.0968. The van der Waals surface area contributed by atoms with Crippen molar-refractivity contribution in [3.05, 3.63) is 69.2 Å². The van der Waals surface area contributed by atoms with Crippen molar-refractivity contribution in [3.63, 3.8) is 0 Å². The van der Waals surface area contributed by atoms with Gasteiger partial charge in [0, 0.05) is 34.6 Å². The van der Waals surface area contributed by atoms with Crippen LogP contribution in [0.1, 0.15) is 22.3 Å². The predicted octanol–water partition coefficient (Wildman–Crippen LogP) is 4.81. The number of ketones is 1. The quantitative estimate of drug-likeness (QED) is 0.684. The summed E-state index contributed by atoms with van der Waals surface area (Å²) in [6, 6.07) is 15.3. The van der Waals surface area contributed by atoms with Crippen LogP contribution in [0.25, 0.3) is 0 Å². The average molecular weight is 367 g/mol. The van der Waals surface area contributed by atoms with E-state index in [0.717, 1.165) is 27.2 Å². The van der Waals surface area contributed by atoms with Crippen LogP contribution < -0.4 is 0 Å². The molecule has 4 heteroatoms. The standard InChI is InChI=1S/C17H17BrClNO/c1-20(12-14-5-2-3-8-16(14)19)10-9-17(21)13-6-4-7-15(18)11-13/h2-8,11H,9-10,12H2,1H3. The van der Waals surface area contributed by atoms with Gasteiger partial charge in [0.15, 0.2) is 5.78 Å². The summed E-state index contributed by atoms with van der Waals surface area (Å²) in [7, 11) is 2.00. The zero-order valence-electron chi connectivity index (χ0n) is 11.9. The number of halogens is 2. The largest absolute Gasteiger partial charge is 0.302 e. The molecule has 0 aliphatic rings. The van der Waals surface area contributed by atoms with Crippen molar-refractivity contribution in [2.24, 2.45) is 0 Å². The van der Waals surface area contributed by atoms with Crippen molar-refractivity contribution in [3.8, 4) is 0 Å². The molecule has 110 valence electrons. The fraction of sp³-hybridized carbons (Fsp3) is 0.235. The highest BCUT2D eigenvalue weighted by Gasteiger charge is 2.09. The van der Waals surface area contributed by atoms with Gasteiger partial charge in [-0.1, -0.05) is 57.9 Å². The van der Waals surface area contributed by atoms with Gasteiger partial charge in [-0.15, -0.1) is 0 Å². The van der Waals surface area contributed by atoms with Crippen LogP contribution in [0.2, 0.25) is 5.02 Å². The summed E-state index contributed by atoms with van der Waals surface area (Å²) < 4.78 is 0.928. The molecule has 0 aliphatic heterocycles. The fourth-order valence-corrected chi connectivity index (χ4v) is 2.69. The summed E-state index contributed by atoms with van der Waals surface area (Å²) in [5.74, 6) is 0.155. The first-order valence-electron chi connectivity index (χ1n) is 6.77. The summed E-state index contributed by atoms with van der Waals surface area (Å²) >= 11 is 9.53. The van der Waals surface area contributed by atoms with Crippen molar-refractivity contribution in [2.75, 3.05) is 13.6 Å². The third kappa shape index (κ3) is 4.95. The average Bonchev–Trinajstić information content (AvgIpc) is 2.47. The van der Waals surface area contributed by atoms with E-state index in [2.05, 4.69) is 20.8 Å². The first-order chi connectivity index (χ1) is 10.1. The summed E-state index contributed by atoms with van der Waals surface area (Å²) in [6.45, 7) is 1.45. The normalized spacial score (nSPS) is 10.9. The van der Waals surface area contributed by atoms with Crippen LogP contribution in [0, 0.1) is 0 Å². The Morgan fingerprint density at radius 2 is 1.95 bits per heavy atom. The van der Waals surface area contributed by atoms with E-state index in [0.29, 0.717) is 13.0 Å². The molecule has 0 amide bonds. The van der Waals surface area contributed by atoms with Gasteiger partial charge in [0.1, 0.15) is 0 Å². The number of hydrogen-bond donors (Lipinski definition) is 0. The van der Waals surface area contributed by atoms with Crippen LogP contribution in [0.4, 0.5) is 0 Å². The maximum absolute atomic E-state index is 12.1. The van der Waals surface area contributed by atoms with Crippen LogP contribution >= 0.6 is 27.5 Å². The van der Waals surface area contributed by atoms with Crippen molar-refractivity contribution >= 4 is 33.3 Å². The van der Waals surface area contributed by atoms with Gasteiger partial charge in [0.05, 0.1) is 0 Å². The van der Waals surface area contributed by atoms with E-state index in [1.54, 1.807) is 0 Å². The maximum atomic E-state index is 12.1. The highest BCUT2D eigenvalue weighted by Crippen LogP contribution is 2.17. The fourth-order valence-electron chi connectivity index (χ4n) is 2.10. The Morgan fingerprint density at radius 3 is 2.67 bits per heavy atom. The van der Waals surface area contributed by atoms with Crippen molar-refractivity contribution in [1.29, 1.82) is 0 Å². The minimum absolute atomic E-state index is 0.155. The van der Waals surface area contributed by atoms with Crippen molar-refractivity contribution < 1.29 is 4.79 Å². The molecule has 0 spiro atoms. The molecule has 2 aromatic rings. The van der Waals surface area contributed by atoms with Crippen molar-refractivity contribution in [2.45, 2.75) is 13.0 Å². The molecular formula is C17H17BrClNO. The topological polar surface area (TPSA) is 20.3 Å². The summed E-state index contributed by atoms with van der Waals surface area (Å²) in [5, 5.41) is 0.766. The number of carbonyl (C=O) groups excluding carboxylic acids is 1. The Morgan fingerprint density at radius 1 is 1.19 bits per heavy atom. The van der Waals surface area contributed by atoms with Crippen LogP contribution in [0.5, 0.6) is 0 Å². The van der Waals surface area contributed by atoms with Crippen LogP contribution in [0.3, 0.4) is 0 Å². The first-order valence-corrected chi connectivity index (χ1v) is 7.94. The van der Waals surface area contributed by atoms with E-state index >= 15 is 0 Å². The van der Waals surface area contributed by atoms with Crippen molar-refractivity contribution in [1.82, 2.24) is 4.90 Å². The third-order valence-electron chi connectivity index (χ3n) is 3.27. The number of benzene rings is 2. The van der Waals surface area contributed by atoms with Gasteiger partial charge in [-0.2, -0.15) is 0 Å². The SMILES string of the molecule is CN(CCC(=O)c1cccc(Br)c1)Cc1ccccc1Cl. The molecule has 21 heavy (non-hydrogen) atoms. The maximum Gasteiger partial charge on any atom is 0.164 e. The Labute approximate surface area is 138 Å². The lowest BCUT2D eigenvalue weighted by Gasteiger charge is -2.17. The zero-order valence-corrected chi connectivity index (χ0v) is 14.2. The van der Waals surface area contributed by atoms with E-state index in [4.69, 9.17) is 11.6 Å². The second kappa shape index (κ2) is 7.74. The molecule has 0 fully saturated rings. The monoisotopic (exact) mass is 365 g/mol. The van der Waals surface area contributed by atoms with Gasteiger partial charge in [-0.25, -0.2) is 0 Å². The molecule has 0 aliphatic carbocycles. The number of rotatable bonds is 6. The highest BCUT2D eigenvalue weighted by molar-refractivity contribution is 9.10. The molecule has 0 radical (unpaired) electrons. The number of carbonyl (C=O) groups is 1. The smallest absolute Gasteiger partial charge is 0.164 e. The van der Waals surface area contributed by atoms with Gasteiger partial charge in [0.25, 0.3) is 0 Å². The molecule has 0 heterocycles. The minimum Gasteiger partial charge on any atom is -0.302 e. The molecule has 2 rings (SSSR count). The third-order valence-corrected chi connectivity index (χ3v) is 4.13. The lowest BCUT2D eigenvalue weighted by atomic mass is 10.1. The molecular weight excluding hydrogens is 350 g/mol. The lowest BCUT2D eigenvalue weighted by Crippen LogP contribution is -2.21. The molecule has 2 aromatic carbocycles. The summed E-state index contributed by atoms with van der Waals surface area (Å²) in [6.07, 6.45) is 0.497. The van der Waals surface area contributed by atoms with E-state index in [-0.39, 0.29) is 5.78 Å². The molecule has 0 atom stereocenters. The summed E-state index contributed by atoms with van der Waals surface area (Å²) in [5.41, 5.74) is 1.83. The van der Waals surface area contributed by atoms with Crippen LogP contribution in [-0.2, 0) is 6.54 Å². The second-order valence-electron chi connectivity index (χ2n) is 5.01. The highest BCUT2D eigenvalue weighted by atomic mass is 79.9. The molecule has 0 aromatic heterocycles. The Hall–Kier alpha value is -1.16. The zero-order chi connectivity index (χ0) is 15.2. The van der Waals surface area contributed by atoms with Gasteiger partial charge < -0.3 is 4.90 Å². The molecule has 0 saturated carbocycles.